The summed E-state index contributed by atoms with van der Waals surface area (Å²) < 4.78 is 0. The lowest BCUT2D eigenvalue weighted by molar-refractivity contribution is 0.102. The third-order valence-electron chi connectivity index (χ3n) is 0. The number of isocyanates is 1. The molecule has 3 heteroatoms. The van der Waals surface area contributed by atoms with Gasteiger partial charge in [0.2, 0.25) is 6.08 Å². The zero-order chi connectivity index (χ0) is 7.21. The molecule has 0 aromatic heterocycles. The Morgan fingerprint density at radius 3 is 1.50 bits per heavy atom. The number of nitrogens with one attached hydrogen (secondary N) is 1. The third kappa shape index (κ3) is 231. The molecule has 0 saturated carbocycles. The summed E-state index contributed by atoms with van der Waals surface area (Å²) in [6.07, 6.45) is 0.750. The lowest BCUT2D eigenvalue weighted by Gasteiger charge is -2.04. The minimum Gasteiger partial charge on any atom is -0.391 e. The molecule has 3 nitrogen and oxygen atoms in total. The number of rotatable bonds is 0. The maximum atomic E-state index is 8.52. The first-order chi connectivity index (χ1) is 3.41. The topological polar surface area (TPSA) is 61.1 Å². The molecule has 48 valence electrons. The van der Waals surface area contributed by atoms with E-state index in [0.29, 0.717) is 0 Å². The monoisotopic (exact) mass is 117 g/mol. The van der Waals surface area contributed by atoms with Gasteiger partial charge in [-0.15, -0.1) is 0 Å². The summed E-state index contributed by atoms with van der Waals surface area (Å²) in [7, 11) is 0. The van der Waals surface area contributed by atoms with E-state index in [-0.39, 0.29) is 0 Å². The molecule has 0 aliphatic rings. The van der Waals surface area contributed by atoms with Crippen LogP contribution in [0.25, 0.3) is 0 Å². The van der Waals surface area contributed by atoms with Gasteiger partial charge in [-0.2, -0.15) is 0 Å². The van der Waals surface area contributed by atoms with Crippen LogP contribution in [0.2, 0.25) is 0 Å². The molecule has 0 saturated heterocycles. The highest BCUT2D eigenvalue weighted by Gasteiger charge is 1.97. The highest BCUT2D eigenvalue weighted by atomic mass is 16.3. The first kappa shape index (κ1) is 10.3. The number of carbonyl (C=O) groups excluding carboxylic acids is 1. The van der Waals surface area contributed by atoms with Gasteiger partial charge in [0.15, 0.2) is 0 Å². The van der Waals surface area contributed by atoms with Gasteiger partial charge < -0.3 is 5.11 Å². The Morgan fingerprint density at radius 1 is 1.50 bits per heavy atom. The van der Waals surface area contributed by atoms with Gasteiger partial charge in [-0.3, -0.25) is 0 Å². The Kier molecular flexibility index (Phi) is 5.82. The van der Waals surface area contributed by atoms with Crippen LogP contribution in [0.15, 0.2) is 0 Å². The van der Waals surface area contributed by atoms with Gasteiger partial charge in [-0.05, 0) is 20.8 Å². The lowest BCUT2D eigenvalue weighted by atomic mass is 10.2. The van der Waals surface area contributed by atoms with E-state index in [1.807, 2.05) is 0 Å². The van der Waals surface area contributed by atoms with Gasteiger partial charge in [-0.25, -0.2) is 10.2 Å². The summed E-state index contributed by atoms with van der Waals surface area (Å²) in [6.45, 7) is 5.23. The van der Waals surface area contributed by atoms with Crippen molar-refractivity contribution in [3.63, 3.8) is 0 Å². The average molecular weight is 117 g/mol. The molecule has 0 aromatic rings. The molecule has 0 atom stereocenters. The van der Waals surface area contributed by atoms with Crippen molar-refractivity contribution in [1.29, 1.82) is 5.41 Å². The molecule has 2 N–H and O–H groups in total. The summed E-state index contributed by atoms with van der Waals surface area (Å²) in [6, 6.07) is 0. The number of hydrogen-bond acceptors (Lipinski definition) is 3. The smallest absolute Gasteiger partial charge is 0.231 e. The van der Waals surface area contributed by atoms with Crippen molar-refractivity contribution in [2.45, 2.75) is 26.4 Å². The second kappa shape index (κ2) is 4.50. The van der Waals surface area contributed by atoms with E-state index in [2.05, 4.69) is 0 Å². The van der Waals surface area contributed by atoms with Gasteiger partial charge >= 0.3 is 0 Å². The van der Waals surface area contributed by atoms with Crippen LogP contribution in [0.4, 0.5) is 0 Å². The molecule has 0 spiro atoms. The van der Waals surface area contributed by atoms with Crippen molar-refractivity contribution in [3.05, 3.63) is 0 Å². The molecule has 0 aromatic carbocycles. The molecular formula is C5H11NO2. The van der Waals surface area contributed by atoms with Gasteiger partial charge in [-0.1, -0.05) is 0 Å². The van der Waals surface area contributed by atoms with Gasteiger partial charge in [0.25, 0.3) is 0 Å². The highest BCUT2D eigenvalue weighted by molar-refractivity contribution is 5.26. The first-order valence-corrected chi connectivity index (χ1v) is 2.18. The second-order valence-corrected chi connectivity index (χ2v) is 2.27. The van der Waals surface area contributed by atoms with Crippen LogP contribution in [0.1, 0.15) is 20.8 Å². The largest absolute Gasteiger partial charge is 0.391 e. The summed E-state index contributed by atoms with van der Waals surface area (Å²) in [5.74, 6) is 0. The predicted octanol–water partition coefficient (Wildman–Crippen LogP) is 0.678. The number of hydrogen-bond donors (Lipinski definition) is 2. The second-order valence-electron chi connectivity index (χ2n) is 2.27. The minimum absolute atomic E-state index is 0.500. The average Bonchev–Trinajstić information content (AvgIpc) is 1.27. The maximum Gasteiger partial charge on any atom is 0.231 e. The molecule has 0 heterocycles. The van der Waals surface area contributed by atoms with E-state index >= 15 is 0 Å². The summed E-state index contributed by atoms with van der Waals surface area (Å²) in [5.41, 5.74) is -0.500. The van der Waals surface area contributed by atoms with Crippen molar-refractivity contribution < 1.29 is 9.90 Å². The van der Waals surface area contributed by atoms with Crippen molar-refractivity contribution >= 4 is 6.08 Å². The van der Waals surface area contributed by atoms with E-state index in [9.17, 15) is 0 Å². The molecule has 0 radical (unpaired) electrons. The Balaban J connectivity index is 0. The Bertz CT molecular complexity index is 70.9. The Hall–Kier alpha value is -0.660. The fraction of sp³-hybridized carbons (Fsp3) is 0.800. The third-order valence-corrected chi connectivity index (χ3v) is 0. The summed E-state index contributed by atoms with van der Waals surface area (Å²) >= 11 is 0. The van der Waals surface area contributed by atoms with Crippen molar-refractivity contribution in [3.8, 4) is 0 Å². The van der Waals surface area contributed by atoms with Crippen LogP contribution in [0, 0.1) is 5.41 Å². The minimum atomic E-state index is -0.500. The van der Waals surface area contributed by atoms with Crippen LogP contribution in [0.3, 0.4) is 0 Å². The Labute approximate surface area is 48.8 Å². The van der Waals surface area contributed by atoms with Crippen LogP contribution in [-0.4, -0.2) is 16.8 Å². The SMILES string of the molecule is CC(C)(C)O.N=C=O. The molecule has 0 amide bonds. The van der Waals surface area contributed by atoms with Crippen LogP contribution in [-0.2, 0) is 4.79 Å². The summed E-state index contributed by atoms with van der Waals surface area (Å²) in [5, 5.41) is 13.9. The van der Waals surface area contributed by atoms with E-state index < -0.39 is 5.60 Å². The van der Waals surface area contributed by atoms with E-state index in [4.69, 9.17) is 15.3 Å². The highest BCUT2D eigenvalue weighted by Crippen LogP contribution is 1.93. The standard InChI is InChI=1S/C4H10O.CHNO/c1-4(2,3)5;2-1-3/h5H,1-3H3;2H. The molecule has 0 aliphatic heterocycles. The fourth-order valence-electron chi connectivity index (χ4n) is 0. The van der Waals surface area contributed by atoms with E-state index in [1.54, 1.807) is 20.8 Å². The van der Waals surface area contributed by atoms with Crippen molar-refractivity contribution in [2.24, 2.45) is 0 Å². The molecule has 0 unspecified atom stereocenters. The van der Waals surface area contributed by atoms with Crippen LogP contribution >= 0.6 is 0 Å². The lowest BCUT2D eigenvalue weighted by Crippen LogP contribution is -2.10. The van der Waals surface area contributed by atoms with Gasteiger partial charge in [0, 0.05) is 0 Å². The van der Waals surface area contributed by atoms with Gasteiger partial charge in [0.05, 0.1) is 5.60 Å². The zero-order valence-corrected chi connectivity index (χ0v) is 5.36. The Morgan fingerprint density at radius 2 is 1.50 bits per heavy atom. The van der Waals surface area contributed by atoms with Crippen molar-refractivity contribution in [1.82, 2.24) is 0 Å². The van der Waals surface area contributed by atoms with Gasteiger partial charge in [0.1, 0.15) is 0 Å². The molecule has 0 fully saturated rings. The quantitative estimate of drug-likeness (QED) is 0.362. The molecule has 0 rings (SSSR count). The number of aliphatic hydroxyl groups is 1. The molecule has 8 heavy (non-hydrogen) atoms. The first-order valence-electron chi connectivity index (χ1n) is 2.18. The van der Waals surface area contributed by atoms with E-state index in [1.165, 1.54) is 0 Å². The van der Waals surface area contributed by atoms with Crippen LogP contribution < -0.4 is 0 Å². The normalized spacial score (nSPS) is 8.50. The summed E-state index contributed by atoms with van der Waals surface area (Å²) in [4.78, 5) is 8.35. The fourth-order valence-corrected chi connectivity index (χ4v) is 0. The van der Waals surface area contributed by atoms with Crippen LogP contribution in [0.5, 0.6) is 0 Å². The van der Waals surface area contributed by atoms with Crippen molar-refractivity contribution in [2.75, 3.05) is 0 Å². The van der Waals surface area contributed by atoms with E-state index in [0.717, 1.165) is 6.08 Å². The predicted molar refractivity (Wildman–Crippen MR) is 30.4 cm³/mol. The zero-order valence-electron chi connectivity index (χ0n) is 5.36. The molecule has 0 bridgehead atoms. The molecule has 0 aliphatic carbocycles. The maximum absolute atomic E-state index is 8.52. The molecular weight excluding hydrogens is 106 g/mol.